The van der Waals surface area contributed by atoms with Crippen molar-refractivity contribution in [2.75, 3.05) is 18.2 Å². The highest BCUT2D eigenvalue weighted by molar-refractivity contribution is 5.99. The van der Waals surface area contributed by atoms with Crippen molar-refractivity contribution in [3.05, 3.63) is 65.2 Å². The van der Waals surface area contributed by atoms with E-state index < -0.39 is 6.04 Å². The van der Waals surface area contributed by atoms with E-state index in [9.17, 15) is 9.90 Å². The number of amides is 1. The molecule has 4 nitrogen and oxygen atoms in total. The number of carbonyl (C=O) groups is 1. The summed E-state index contributed by atoms with van der Waals surface area (Å²) >= 11 is 0. The Morgan fingerprint density at radius 2 is 1.74 bits per heavy atom. The minimum atomic E-state index is -0.476. The van der Waals surface area contributed by atoms with Crippen molar-refractivity contribution in [2.45, 2.75) is 26.4 Å². The Morgan fingerprint density at radius 3 is 2.35 bits per heavy atom. The van der Waals surface area contributed by atoms with Crippen LogP contribution in [-0.2, 0) is 11.3 Å². The summed E-state index contributed by atoms with van der Waals surface area (Å²) in [7, 11) is 0. The van der Waals surface area contributed by atoms with Gasteiger partial charge in [0.2, 0.25) is 5.91 Å². The van der Waals surface area contributed by atoms with Crippen LogP contribution in [0.2, 0.25) is 0 Å². The Morgan fingerprint density at radius 1 is 1.09 bits per heavy atom. The summed E-state index contributed by atoms with van der Waals surface area (Å²) in [5.41, 5.74) is 4.31. The minimum Gasteiger partial charge on any atom is -0.394 e. The van der Waals surface area contributed by atoms with E-state index in [1.54, 1.807) is 4.90 Å². The van der Waals surface area contributed by atoms with Gasteiger partial charge in [-0.2, -0.15) is 0 Å². The smallest absolute Gasteiger partial charge is 0.247 e. The van der Waals surface area contributed by atoms with E-state index in [0.717, 1.165) is 22.4 Å². The molecule has 1 saturated heterocycles. The normalized spacial score (nSPS) is 18.7. The Labute approximate surface area is 137 Å². The van der Waals surface area contributed by atoms with Crippen LogP contribution in [0.15, 0.2) is 48.5 Å². The zero-order chi connectivity index (χ0) is 16.4. The standard InChI is InChI=1S/C19H22N2O2/c1-14-8-15(2)10-17(9-14)21-13-20(18(12-22)19(21)23)11-16-6-4-3-5-7-16/h3-10,18,22H,11-13H2,1-2H3/t18-/m0/s1. The number of nitrogens with zero attached hydrogens (tertiary/aromatic N) is 2. The Hall–Kier alpha value is -2.17. The van der Waals surface area contributed by atoms with Crippen molar-refractivity contribution in [3.8, 4) is 0 Å². The van der Waals surface area contributed by atoms with Crippen LogP contribution in [0.4, 0.5) is 5.69 Å². The number of aryl methyl sites for hydroxylation is 2. The fourth-order valence-corrected chi connectivity index (χ4v) is 3.17. The second kappa shape index (κ2) is 6.52. The van der Waals surface area contributed by atoms with E-state index in [4.69, 9.17) is 0 Å². The topological polar surface area (TPSA) is 43.8 Å². The number of benzene rings is 2. The molecule has 3 rings (SSSR count). The maximum atomic E-state index is 12.7. The highest BCUT2D eigenvalue weighted by atomic mass is 16.3. The highest BCUT2D eigenvalue weighted by Crippen LogP contribution is 2.26. The molecule has 1 fully saturated rings. The lowest BCUT2D eigenvalue weighted by Crippen LogP contribution is -2.36. The van der Waals surface area contributed by atoms with E-state index in [2.05, 4.69) is 6.07 Å². The lowest BCUT2D eigenvalue weighted by molar-refractivity contribution is -0.120. The molecule has 4 heteroatoms. The molecular formula is C19H22N2O2. The van der Waals surface area contributed by atoms with Crippen LogP contribution in [0.3, 0.4) is 0 Å². The summed E-state index contributed by atoms with van der Waals surface area (Å²) in [6, 6.07) is 15.7. The third kappa shape index (κ3) is 3.28. The molecule has 0 aliphatic carbocycles. The third-order valence-corrected chi connectivity index (χ3v) is 4.23. The Balaban J connectivity index is 1.85. The number of aliphatic hydroxyl groups is 1. The van der Waals surface area contributed by atoms with Crippen molar-refractivity contribution in [2.24, 2.45) is 0 Å². The van der Waals surface area contributed by atoms with Gasteiger partial charge >= 0.3 is 0 Å². The van der Waals surface area contributed by atoms with Gasteiger partial charge in [0, 0.05) is 12.2 Å². The van der Waals surface area contributed by atoms with Crippen molar-refractivity contribution < 1.29 is 9.90 Å². The molecule has 1 aliphatic rings. The van der Waals surface area contributed by atoms with Gasteiger partial charge in [0.05, 0.1) is 13.3 Å². The van der Waals surface area contributed by atoms with Crippen LogP contribution in [0.25, 0.3) is 0 Å². The molecular weight excluding hydrogens is 288 g/mol. The first-order valence-corrected chi connectivity index (χ1v) is 7.87. The minimum absolute atomic E-state index is 0.0339. The molecule has 120 valence electrons. The molecule has 0 aromatic heterocycles. The average Bonchev–Trinajstić information content (AvgIpc) is 2.83. The summed E-state index contributed by atoms with van der Waals surface area (Å²) in [5.74, 6) is -0.0339. The van der Waals surface area contributed by atoms with E-state index in [1.807, 2.05) is 61.2 Å². The summed E-state index contributed by atoms with van der Waals surface area (Å²) in [4.78, 5) is 16.5. The van der Waals surface area contributed by atoms with E-state index >= 15 is 0 Å². The average molecular weight is 310 g/mol. The highest BCUT2D eigenvalue weighted by Gasteiger charge is 2.38. The van der Waals surface area contributed by atoms with Crippen molar-refractivity contribution in [1.29, 1.82) is 0 Å². The molecule has 0 bridgehead atoms. The third-order valence-electron chi connectivity index (χ3n) is 4.23. The van der Waals surface area contributed by atoms with Gasteiger partial charge in [-0.1, -0.05) is 36.4 Å². The number of hydrogen-bond donors (Lipinski definition) is 1. The zero-order valence-corrected chi connectivity index (χ0v) is 13.6. The number of rotatable bonds is 4. The van der Waals surface area contributed by atoms with Gasteiger partial charge in [-0.25, -0.2) is 0 Å². The van der Waals surface area contributed by atoms with E-state index in [0.29, 0.717) is 13.2 Å². The van der Waals surface area contributed by atoms with Crippen LogP contribution in [0, 0.1) is 13.8 Å². The fourth-order valence-electron chi connectivity index (χ4n) is 3.17. The number of carbonyl (C=O) groups excluding carboxylic acids is 1. The Bertz CT molecular complexity index is 680. The van der Waals surface area contributed by atoms with Crippen LogP contribution >= 0.6 is 0 Å². The first kappa shape index (κ1) is 15.7. The van der Waals surface area contributed by atoms with E-state index in [1.165, 1.54) is 0 Å². The largest absolute Gasteiger partial charge is 0.394 e. The summed E-state index contributed by atoms with van der Waals surface area (Å²) in [6.07, 6.45) is 0. The second-order valence-corrected chi connectivity index (χ2v) is 6.18. The first-order chi connectivity index (χ1) is 11.1. The molecule has 0 unspecified atom stereocenters. The number of hydrogen-bond acceptors (Lipinski definition) is 3. The summed E-state index contributed by atoms with van der Waals surface area (Å²) in [5, 5.41) is 9.67. The SMILES string of the molecule is Cc1cc(C)cc(N2CN(Cc3ccccc3)[C@@H](CO)C2=O)c1. The quantitative estimate of drug-likeness (QED) is 0.943. The predicted octanol–water partition coefficient (Wildman–Crippen LogP) is 2.47. The monoisotopic (exact) mass is 310 g/mol. The van der Waals surface area contributed by atoms with Gasteiger partial charge < -0.3 is 5.11 Å². The summed E-state index contributed by atoms with van der Waals surface area (Å²) in [6.45, 7) is 5.05. The van der Waals surface area contributed by atoms with Gasteiger partial charge in [-0.15, -0.1) is 0 Å². The molecule has 2 aromatic carbocycles. The maximum Gasteiger partial charge on any atom is 0.247 e. The van der Waals surface area contributed by atoms with Crippen LogP contribution in [0.1, 0.15) is 16.7 Å². The molecule has 1 aliphatic heterocycles. The zero-order valence-electron chi connectivity index (χ0n) is 13.6. The fraction of sp³-hybridized carbons (Fsp3) is 0.316. The Kier molecular flexibility index (Phi) is 4.46. The maximum absolute atomic E-state index is 12.7. The lowest BCUT2D eigenvalue weighted by atomic mass is 10.1. The van der Waals surface area contributed by atoms with E-state index in [-0.39, 0.29) is 12.5 Å². The van der Waals surface area contributed by atoms with Crippen molar-refractivity contribution >= 4 is 11.6 Å². The van der Waals surface area contributed by atoms with Gasteiger partial charge in [0.15, 0.2) is 0 Å². The number of anilines is 1. The first-order valence-electron chi connectivity index (χ1n) is 7.87. The molecule has 1 heterocycles. The molecule has 1 amide bonds. The molecule has 2 aromatic rings. The molecule has 1 N–H and O–H groups in total. The molecule has 0 radical (unpaired) electrons. The van der Waals surface area contributed by atoms with Crippen LogP contribution < -0.4 is 4.90 Å². The van der Waals surface area contributed by atoms with Gasteiger partial charge in [-0.3, -0.25) is 14.6 Å². The number of aliphatic hydroxyl groups excluding tert-OH is 1. The predicted molar refractivity (Wildman–Crippen MR) is 91.1 cm³/mol. The van der Waals surface area contributed by atoms with Gasteiger partial charge in [-0.05, 0) is 42.7 Å². The van der Waals surface area contributed by atoms with Crippen LogP contribution in [-0.4, -0.2) is 35.2 Å². The van der Waals surface area contributed by atoms with Crippen molar-refractivity contribution in [1.82, 2.24) is 4.90 Å². The molecule has 0 spiro atoms. The van der Waals surface area contributed by atoms with Gasteiger partial charge in [0.1, 0.15) is 6.04 Å². The molecule has 23 heavy (non-hydrogen) atoms. The lowest BCUT2D eigenvalue weighted by Gasteiger charge is -2.20. The van der Waals surface area contributed by atoms with Crippen LogP contribution in [0.5, 0.6) is 0 Å². The van der Waals surface area contributed by atoms with Gasteiger partial charge in [0.25, 0.3) is 0 Å². The second-order valence-electron chi connectivity index (χ2n) is 6.18. The molecule has 0 saturated carbocycles. The summed E-state index contributed by atoms with van der Waals surface area (Å²) < 4.78 is 0. The molecule has 1 atom stereocenters. The van der Waals surface area contributed by atoms with Crippen molar-refractivity contribution in [3.63, 3.8) is 0 Å².